The van der Waals surface area contributed by atoms with Gasteiger partial charge < -0.3 is 14.9 Å². The van der Waals surface area contributed by atoms with E-state index < -0.39 is 17.8 Å². The molecule has 1 aliphatic heterocycles. The minimum atomic E-state index is -1.02. The molecule has 3 atom stereocenters. The molecule has 2 aromatic carbocycles. The fourth-order valence-electron chi connectivity index (χ4n) is 3.92. The van der Waals surface area contributed by atoms with Gasteiger partial charge in [-0.3, -0.25) is 9.59 Å². The van der Waals surface area contributed by atoms with Crippen LogP contribution in [0.4, 0.5) is 0 Å². The normalized spacial score (nSPS) is 29.7. The summed E-state index contributed by atoms with van der Waals surface area (Å²) in [7, 11) is 0. The summed E-state index contributed by atoms with van der Waals surface area (Å²) >= 11 is 0. The predicted molar refractivity (Wildman–Crippen MR) is 79.5 cm³/mol. The Morgan fingerprint density at radius 1 is 1.04 bits per heavy atom. The number of carbonyl (C=O) groups is 2. The second kappa shape index (κ2) is 3.69. The second-order valence-electron chi connectivity index (χ2n) is 6.40. The number of phenols is 1. The topological polar surface area (TPSA) is 87.1 Å². The van der Waals surface area contributed by atoms with Gasteiger partial charge in [0.05, 0.1) is 0 Å². The maximum absolute atomic E-state index is 12.8. The van der Waals surface area contributed by atoms with Gasteiger partial charge in [0.2, 0.25) is 0 Å². The molecular weight excluding hydrogens is 296 g/mol. The minimum Gasteiger partial charge on any atom is -0.507 e. The zero-order valence-electron chi connectivity index (χ0n) is 12.2. The summed E-state index contributed by atoms with van der Waals surface area (Å²) in [4.78, 5) is 25.4. The van der Waals surface area contributed by atoms with Crippen LogP contribution in [-0.4, -0.2) is 33.5 Å². The van der Waals surface area contributed by atoms with Gasteiger partial charge >= 0.3 is 0 Å². The highest BCUT2D eigenvalue weighted by atomic mass is 16.6. The molecule has 114 valence electrons. The van der Waals surface area contributed by atoms with Gasteiger partial charge in [-0.2, -0.15) is 0 Å². The number of hydrogen-bond donors (Lipinski definition) is 2. The molecule has 0 radical (unpaired) electrons. The van der Waals surface area contributed by atoms with Crippen LogP contribution in [-0.2, 0) is 4.74 Å². The first kappa shape index (κ1) is 13.0. The Bertz CT molecular complexity index is 945. The minimum absolute atomic E-state index is 0.0127. The lowest BCUT2D eigenvalue weighted by Crippen LogP contribution is -2.34. The zero-order valence-corrected chi connectivity index (χ0v) is 12.2. The first-order valence-electron chi connectivity index (χ1n) is 7.40. The third-order valence-electron chi connectivity index (χ3n) is 5.16. The Labute approximate surface area is 131 Å². The molecule has 0 bridgehead atoms. The molecular formula is C18H12O5. The number of rotatable bonds is 0. The largest absolute Gasteiger partial charge is 0.507 e. The van der Waals surface area contributed by atoms with Crippen LogP contribution in [0.15, 0.2) is 30.3 Å². The van der Waals surface area contributed by atoms with Gasteiger partial charge in [0.1, 0.15) is 18.0 Å². The van der Waals surface area contributed by atoms with Crippen molar-refractivity contribution in [1.82, 2.24) is 0 Å². The Morgan fingerprint density at radius 3 is 2.57 bits per heavy atom. The van der Waals surface area contributed by atoms with Gasteiger partial charge in [0, 0.05) is 27.8 Å². The van der Waals surface area contributed by atoms with E-state index in [0.29, 0.717) is 33.4 Å². The van der Waals surface area contributed by atoms with Crippen molar-refractivity contribution < 1.29 is 24.5 Å². The molecule has 3 aliphatic rings. The molecule has 2 aliphatic carbocycles. The van der Waals surface area contributed by atoms with E-state index in [-0.39, 0.29) is 17.3 Å². The van der Waals surface area contributed by atoms with Gasteiger partial charge in [-0.25, -0.2) is 0 Å². The predicted octanol–water partition coefficient (Wildman–Crippen LogP) is 1.99. The molecule has 2 aromatic rings. The van der Waals surface area contributed by atoms with Crippen molar-refractivity contribution in [2.75, 3.05) is 0 Å². The summed E-state index contributed by atoms with van der Waals surface area (Å²) in [6.45, 7) is 1.65. The van der Waals surface area contributed by atoms with Crippen LogP contribution in [0.5, 0.6) is 5.75 Å². The summed E-state index contributed by atoms with van der Waals surface area (Å²) in [5.41, 5.74) is 1.37. The average molecular weight is 308 g/mol. The Hall–Kier alpha value is -2.50. The van der Waals surface area contributed by atoms with Crippen molar-refractivity contribution in [1.29, 1.82) is 0 Å². The summed E-state index contributed by atoms with van der Waals surface area (Å²) in [6.07, 6.45) is -1.64. The first-order valence-corrected chi connectivity index (χ1v) is 7.40. The van der Waals surface area contributed by atoms with Crippen molar-refractivity contribution in [3.05, 3.63) is 52.6 Å². The average Bonchev–Trinajstić information content (AvgIpc) is 3.16. The number of benzene rings is 2. The van der Waals surface area contributed by atoms with Crippen LogP contribution in [0.3, 0.4) is 0 Å². The number of Topliss-reactive ketones (excluding diaryl/α,β-unsaturated/α-hetero) is 1. The van der Waals surface area contributed by atoms with Crippen molar-refractivity contribution in [2.24, 2.45) is 0 Å². The zero-order chi connectivity index (χ0) is 16.1. The number of aliphatic hydroxyl groups excluding tert-OH is 1. The van der Waals surface area contributed by atoms with Crippen LogP contribution in [0.2, 0.25) is 0 Å². The monoisotopic (exact) mass is 308 g/mol. The molecule has 0 spiro atoms. The Balaban J connectivity index is 1.85. The number of epoxide rings is 1. The number of ketones is 2. The lowest BCUT2D eigenvalue weighted by Gasteiger charge is -2.23. The van der Waals surface area contributed by atoms with E-state index >= 15 is 0 Å². The molecule has 0 aromatic heterocycles. The molecule has 1 heterocycles. The lowest BCUT2D eigenvalue weighted by atomic mass is 9.78. The Morgan fingerprint density at radius 2 is 1.78 bits per heavy atom. The summed E-state index contributed by atoms with van der Waals surface area (Å²) in [6, 6.07) is 8.03. The van der Waals surface area contributed by atoms with E-state index in [0.717, 1.165) is 0 Å². The standard InChI is InChI=1S/C18H12O5/c1-18-16(22)9-6-5-7-11-8(3-2-4-10(11)19)14(20)12(7)13(9)15(21)17(18)23-18/h2-6,15,17,19,21H,1H3/t15-,17+,18-/m1/s1. The number of hydrogen-bond acceptors (Lipinski definition) is 5. The molecule has 2 N–H and O–H groups in total. The van der Waals surface area contributed by atoms with Crippen molar-refractivity contribution in [3.8, 4) is 16.9 Å². The number of fused-ring (bicyclic) bond motifs is 6. The van der Waals surface area contributed by atoms with Crippen LogP contribution < -0.4 is 0 Å². The fraction of sp³-hybridized carbons (Fsp3) is 0.222. The molecule has 23 heavy (non-hydrogen) atoms. The Kier molecular flexibility index (Phi) is 2.09. The third kappa shape index (κ3) is 1.31. The maximum atomic E-state index is 12.8. The van der Waals surface area contributed by atoms with Crippen LogP contribution in [0, 0.1) is 0 Å². The first-order chi connectivity index (χ1) is 10.9. The smallest absolute Gasteiger partial charge is 0.197 e. The fourth-order valence-corrected chi connectivity index (χ4v) is 3.92. The number of carbonyl (C=O) groups excluding carboxylic acids is 2. The van der Waals surface area contributed by atoms with Gasteiger partial charge in [-0.15, -0.1) is 0 Å². The quantitative estimate of drug-likeness (QED) is 0.620. The third-order valence-corrected chi connectivity index (χ3v) is 5.16. The van der Waals surface area contributed by atoms with Crippen LogP contribution >= 0.6 is 0 Å². The SMILES string of the molecule is C[C@]12O[C@H]1[C@H](O)c1c(ccc3c1C(=O)c1cccc(O)c1-3)C2=O. The molecule has 0 unspecified atom stereocenters. The van der Waals surface area contributed by atoms with Gasteiger partial charge in [0.25, 0.3) is 0 Å². The number of phenolic OH excluding ortho intramolecular Hbond substituents is 1. The highest BCUT2D eigenvalue weighted by Gasteiger charge is 2.66. The van der Waals surface area contributed by atoms with Gasteiger partial charge in [0.15, 0.2) is 17.2 Å². The highest BCUT2D eigenvalue weighted by Crippen LogP contribution is 2.55. The molecule has 1 fully saturated rings. The van der Waals surface area contributed by atoms with E-state index in [1.54, 1.807) is 31.2 Å². The van der Waals surface area contributed by atoms with Crippen molar-refractivity contribution in [3.63, 3.8) is 0 Å². The highest BCUT2D eigenvalue weighted by molar-refractivity contribution is 6.25. The van der Waals surface area contributed by atoms with Gasteiger partial charge in [-0.05, 0) is 18.6 Å². The molecule has 0 saturated carbocycles. The van der Waals surface area contributed by atoms with Crippen molar-refractivity contribution >= 4 is 11.6 Å². The summed E-state index contributed by atoms with van der Waals surface area (Å²) < 4.78 is 5.41. The van der Waals surface area contributed by atoms with Crippen molar-refractivity contribution in [2.45, 2.75) is 24.7 Å². The molecule has 1 saturated heterocycles. The molecule has 0 amide bonds. The van der Waals surface area contributed by atoms with E-state index in [1.807, 2.05) is 0 Å². The van der Waals surface area contributed by atoms with E-state index in [9.17, 15) is 19.8 Å². The maximum Gasteiger partial charge on any atom is 0.197 e. The summed E-state index contributed by atoms with van der Waals surface area (Å²) in [5, 5.41) is 20.7. The van der Waals surface area contributed by atoms with Crippen LogP contribution in [0.25, 0.3) is 11.1 Å². The van der Waals surface area contributed by atoms with Gasteiger partial charge in [-0.1, -0.05) is 24.3 Å². The lowest BCUT2D eigenvalue weighted by molar-refractivity contribution is 0.0875. The second-order valence-corrected chi connectivity index (χ2v) is 6.40. The molecule has 5 nitrogen and oxygen atoms in total. The number of aromatic hydroxyl groups is 1. The molecule has 5 rings (SSSR count). The van der Waals surface area contributed by atoms with E-state index in [4.69, 9.17) is 4.74 Å². The van der Waals surface area contributed by atoms with E-state index in [1.165, 1.54) is 6.07 Å². The molecule has 5 heteroatoms. The van der Waals surface area contributed by atoms with E-state index in [2.05, 4.69) is 0 Å². The summed E-state index contributed by atoms with van der Waals surface area (Å²) in [5.74, 6) is -0.476. The number of ether oxygens (including phenoxy) is 1. The number of aliphatic hydroxyl groups is 1. The van der Waals surface area contributed by atoms with Crippen LogP contribution in [0.1, 0.15) is 44.9 Å².